The summed E-state index contributed by atoms with van der Waals surface area (Å²) in [6.45, 7) is 4.16. The Bertz CT molecular complexity index is 421. The minimum absolute atomic E-state index is 0.0729. The van der Waals surface area contributed by atoms with Crippen LogP contribution in [0.25, 0.3) is 0 Å². The molecule has 1 atom stereocenters. The molecule has 0 aliphatic heterocycles. The number of methoxy groups -OCH3 is 1. The van der Waals surface area contributed by atoms with E-state index in [-0.39, 0.29) is 11.1 Å². The van der Waals surface area contributed by atoms with Crippen molar-refractivity contribution in [3.8, 4) is 5.75 Å². The number of benzene rings is 1. The van der Waals surface area contributed by atoms with Crippen LogP contribution in [-0.4, -0.2) is 17.4 Å². The molecule has 0 spiro atoms. The van der Waals surface area contributed by atoms with Gasteiger partial charge in [0.1, 0.15) is 5.75 Å². The van der Waals surface area contributed by atoms with E-state index in [0.29, 0.717) is 23.7 Å². The topological polar surface area (TPSA) is 52.4 Å². The Morgan fingerprint density at radius 3 is 2.61 bits per heavy atom. The van der Waals surface area contributed by atoms with E-state index < -0.39 is 4.92 Å². The lowest BCUT2D eigenvalue weighted by molar-refractivity contribution is -0.385. The zero-order chi connectivity index (χ0) is 13.7. The number of ether oxygens (including phenoxy) is 1. The summed E-state index contributed by atoms with van der Waals surface area (Å²) in [5.74, 6) is 0.963. The highest BCUT2D eigenvalue weighted by atomic mass is 35.5. The lowest BCUT2D eigenvalue weighted by atomic mass is 10.0. The second-order valence-corrected chi connectivity index (χ2v) is 5.30. The summed E-state index contributed by atoms with van der Waals surface area (Å²) in [5.41, 5.74) is 0.727. The van der Waals surface area contributed by atoms with Gasteiger partial charge < -0.3 is 4.74 Å². The summed E-state index contributed by atoms with van der Waals surface area (Å²) in [6.07, 6.45) is 1.34. The first-order valence-corrected chi connectivity index (χ1v) is 6.33. The molecule has 0 amide bonds. The Hall–Kier alpha value is -1.29. The van der Waals surface area contributed by atoms with Crippen molar-refractivity contribution >= 4 is 17.3 Å². The SMILES string of the molecule is COc1ccc(CC(Cl)CC(C)C)c([N+](=O)[O-])c1. The van der Waals surface area contributed by atoms with E-state index in [4.69, 9.17) is 16.3 Å². The van der Waals surface area contributed by atoms with Crippen LogP contribution < -0.4 is 4.74 Å². The summed E-state index contributed by atoms with van der Waals surface area (Å²) in [5, 5.41) is 10.9. The van der Waals surface area contributed by atoms with Crippen LogP contribution in [0.1, 0.15) is 25.8 Å². The van der Waals surface area contributed by atoms with Crippen LogP contribution in [0.3, 0.4) is 0 Å². The van der Waals surface area contributed by atoms with Gasteiger partial charge in [0.2, 0.25) is 0 Å². The molecule has 0 N–H and O–H groups in total. The van der Waals surface area contributed by atoms with Crippen LogP contribution in [0.2, 0.25) is 0 Å². The van der Waals surface area contributed by atoms with E-state index in [1.807, 2.05) is 0 Å². The molecule has 100 valence electrons. The molecule has 5 heteroatoms. The van der Waals surface area contributed by atoms with Gasteiger partial charge in [0, 0.05) is 10.9 Å². The molecule has 0 fully saturated rings. The Morgan fingerprint density at radius 1 is 1.44 bits per heavy atom. The standard InChI is InChI=1S/C13H18ClNO3/c1-9(2)6-11(14)7-10-4-5-12(18-3)8-13(10)15(16)17/h4-5,8-9,11H,6-7H2,1-3H3. The first-order chi connectivity index (χ1) is 8.43. The zero-order valence-corrected chi connectivity index (χ0v) is 11.6. The molecule has 0 aromatic heterocycles. The van der Waals surface area contributed by atoms with Crippen molar-refractivity contribution in [2.45, 2.75) is 32.1 Å². The third-order valence-corrected chi connectivity index (χ3v) is 2.99. The minimum Gasteiger partial charge on any atom is -0.497 e. The van der Waals surface area contributed by atoms with E-state index >= 15 is 0 Å². The Morgan fingerprint density at radius 2 is 2.11 bits per heavy atom. The van der Waals surface area contributed by atoms with Crippen molar-refractivity contribution in [3.05, 3.63) is 33.9 Å². The average Bonchev–Trinajstić information content (AvgIpc) is 2.28. The number of nitrogens with zero attached hydrogens (tertiary/aromatic N) is 1. The van der Waals surface area contributed by atoms with Gasteiger partial charge >= 0.3 is 0 Å². The Kier molecular flexibility index (Phi) is 5.41. The van der Waals surface area contributed by atoms with Crippen LogP contribution >= 0.6 is 11.6 Å². The molecule has 1 aromatic carbocycles. The van der Waals surface area contributed by atoms with Crippen LogP contribution in [0, 0.1) is 16.0 Å². The van der Waals surface area contributed by atoms with Crippen LogP contribution in [-0.2, 0) is 6.42 Å². The number of hydrogen-bond donors (Lipinski definition) is 0. The fourth-order valence-corrected chi connectivity index (χ4v) is 2.37. The van der Waals surface area contributed by atoms with Crippen LogP contribution in [0.5, 0.6) is 5.75 Å². The highest BCUT2D eigenvalue weighted by Crippen LogP contribution is 2.27. The minimum atomic E-state index is -0.392. The lowest BCUT2D eigenvalue weighted by Crippen LogP contribution is -2.09. The predicted molar refractivity (Wildman–Crippen MR) is 72.4 cm³/mol. The molecular formula is C13H18ClNO3. The first kappa shape index (κ1) is 14.8. The number of nitro benzene ring substituents is 1. The summed E-state index contributed by atoms with van der Waals surface area (Å²) in [6, 6.07) is 4.88. The fourth-order valence-electron chi connectivity index (χ4n) is 1.85. The summed E-state index contributed by atoms with van der Waals surface area (Å²) >= 11 is 6.21. The molecule has 4 nitrogen and oxygen atoms in total. The molecule has 0 bridgehead atoms. The first-order valence-electron chi connectivity index (χ1n) is 5.89. The molecule has 0 heterocycles. The highest BCUT2D eigenvalue weighted by Gasteiger charge is 2.18. The summed E-state index contributed by atoms with van der Waals surface area (Å²) in [4.78, 5) is 10.6. The average molecular weight is 272 g/mol. The summed E-state index contributed by atoms with van der Waals surface area (Å²) < 4.78 is 4.99. The van der Waals surface area contributed by atoms with Gasteiger partial charge in [-0.25, -0.2) is 0 Å². The number of nitro groups is 1. The summed E-state index contributed by atoms with van der Waals surface area (Å²) in [7, 11) is 1.49. The molecular weight excluding hydrogens is 254 g/mol. The van der Waals surface area contributed by atoms with Gasteiger partial charge in [-0.2, -0.15) is 0 Å². The van der Waals surface area contributed by atoms with Gasteiger partial charge in [-0.3, -0.25) is 10.1 Å². The number of alkyl halides is 1. The molecule has 1 aromatic rings. The van der Waals surface area contributed by atoms with Gasteiger partial charge in [-0.15, -0.1) is 11.6 Å². The third-order valence-electron chi connectivity index (χ3n) is 2.66. The van der Waals surface area contributed by atoms with Crippen LogP contribution in [0.4, 0.5) is 5.69 Å². The highest BCUT2D eigenvalue weighted by molar-refractivity contribution is 6.20. The van der Waals surface area contributed by atoms with E-state index in [1.54, 1.807) is 12.1 Å². The number of halogens is 1. The van der Waals surface area contributed by atoms with E-state index in [9.17, 15) is 10.1 Å². The Balaban J connectivity index is 2.90. The van der Waals surface area contributed by atoms with Crippen LogP contribution in [0.15, 0.2) is 18.2 Å². The molecule has 0 aliphatic carbocycles. The molecule has 0 saturated carbocycles. The normalized spacial score (nSPS) is 12.5. The van der Waals surface area contributed by atoms with E-state index in [1.165, 1.54) is 13.2 Å². The Labute approximate surface area is 112 Å². The molecule has 0 radical (unpaired) electrons. The predicted octanol–water partition coefficient (Wildman–Crippen LogP) is 3.80. The quantitative estimate of drug-likeness (QED) is 0.449. The van der Waals surface area contributed by atoms with Gasteiger partial charge in [-0.05, 0) is 30.9 Å². The van der Waals surface area contributed by atoms with Crippen molar-refractivity contribution in [1.29, 1.82) is 0 Å². The van der Waals surface area contributed by atoms with Crippen molar-refractivity contribution in [2.75, 3.05) is 7.11 Å². The lowest BCUT2D eigenvalue weighted by Gasteiger charge is -2.12. The monoisotopic (exact) mass is 271 g/mol. The number of hydrogen-bond acceptors (Lipinski definition) is 3. The second kappa shape index (κ2) is 6.59. The van der Waals surface area contributed by atoms with Crippen molar-refractivity contribution < 1.29 is 9.66 Å². The van der Waals surface area contributed by atoms with Gasteiger partial charge in [0.25, 0.3) is 5.69 Å². The van der Waals surface area contributed by atoms with Crippen molar-refractivity contribution in [3.63, 3.8) is 0 Å². The molecule has 0 saturated heterocycles. The fraction of sp³-hybridized carbons (Fsp3) is 0.538. The van der Waals surface area contributed by atoms with Gasteiger partial charge in [0.15, 0.2) is 0 Å². The molecule has 0 aliphatic rings. The second-order valence-electron chi connectivity index (χ2n) is 4.68. The maximum Gasteiger partial charge on any atom is 0.276 e. The smallest absolute Gasteiger partial charge is 0.276 e. The molecule has 18 heavy (non-hydrogen) atoms. The zero-order valence-electron chi connectivity index (χ0n) is 10.9. The maximum absolute atomic E-state index is 11.0. The number of rotatable bonds is 6. The van der Waals surface area contributed by atoms with Gasteiger partial charge in [-0.1, -0.05) is 13.8 Å². The van der Waals surface area contributed by atoms with Crippen molar-refractivity contribution in [2.24, 2.45) is 5.92 Å². The largest absolute Gasteiger partial charge is 0.497 e. The maximum atomic E-state index is 11.0. The van der Waals surface area contributed by atoms with Crippen molar-refractivity contribution in [1.82, 2.24) is 0 Å². The third kappa shape index (κ3) is 4.18. The van der Waals surface area contributed by atoms with E-state index in [2.05, 4.69) is 13.8 Å². The molecule has 1 rings (SSSR count). The molecule has 1 unspecified atom stereocenters. The van der Waals surface area contributed by atoms with Gasteiger partial charge in [0.05, 0.1) is 18.1 Å². The van der Waals surface area contributed by atoms with E-state index in [0.717, 1.165) is 6.42 Å².